The van der Waals surface area contributed by atoms with Crippen molar-refractivity contribution in [3.63, 3.8) is 0 Å². The first-order valence-corrected chi connectivity index (χ1v) is 11.2. The van der Waals surface area contributed by atoms with E-state index >= 15 is 0 Å². The molecular weight excluding hydrogens is 388 g/mol. The average Bonchev–Trinajstić information content (AvgIpc) is 2.76. The van der Waals surface area contributed by atoms with Crippen molar-refractivity contribution in [3.8, 4) is 0 Å². The number of para-hydroxylation sites is 1. The van der Waals surface area contributed by atoms with Gasteiger partial charge in [0.25, 0.3) is 0 Å². The van der Waals surface area contributed by atoms with Gasteiger partial charge in [-0.05, 0) is 31.5 Å². The highest BCUT2D eigenvalue weighted by Crippen LogP contribution is 2.25. The zero-order valence-corrected chi connectivity index (χ0v) is 18.1. The molecule has 0 radical (unpaired) electrons. The summed E-state index contributed by atoms with van der Waals surface area (Å²) in [5, 5.41) is 4.08. The predicted octanol–water partition coefficient (Wildman–Crippen LogP) is 1.48. The lowest BCUT2D eigenvalue weighted by atomic mass is 10.2. The molecule has 29 heavy (non-hydrogen) atoms. The van der Waals surface area contributed by atoms with Crippen LogP contribution in [0.1, 0.15) is 12.8 Å². The fourth-order valence-electron chi connectivity index (χ4n) is 3.81. The summed E-state index contributed by atoms with van der Waals surface area (Å²) in [6, 6.07) is 8.09. The third-order valence-corrected chi connectivity index (χ3v) is 5.86. The van der Waals surface area contributed by atoms with Gasteiger partial charge in [0, 0.05) is 58.9 Å². The first kappa shape index (κ1) is 22.2. The van der Waals surface area contributed by atoms with Crippen molar-refractivity contribution in [2.75, 3.05) is 83.6 Å². The van der Waals surface area contributed by atoms with Crippen molar-refractivity contribution in [3.05, 3.63) is 29.3 Å². The van der Waals surface area contributed by atoms with Crippen LogP contribution in [0.4, 0.5) is 5.69 Å². The normalized spacial score (nSPS) is 19.5. The van der Waals surface area contributed by atoms with Crippen LogP contribution in [0.5, 0.6) is 0 Å². The van der Waals surface area contributed by atoms with Gasteiger partial charge in [-0.3, -0.25) is 14.8 Å². The first-order chi connectivity index (χ1) is 14.2. The van der Waals surface area contributed by atoms with E-state index in [2.05, 4.69) is 31.1 Å². The number of aliphatic imine (C=N–C) groups is 1. The third-order valence-electron chi connectivity index (χ3n) is 5.54. The number of hydrogen-bond donors (Lipinski definition) is 2. The molecule has 2 aliphatic rings. The minimum Gasteiger partial charge on any atom is -0.379 e. The summed E-state index contributed by atoms with van der Waals surface area (Å²) < 4.78 is 5.36. The van der Waals surface area contributed by atoms with E-state index in [0.29, 0.717) is 5.96 Å². The van der Waals surface area contributed by atoms with E-state index in [0.717, 1.165) is 102 Å². The molecule has 3 N–H and O–H groups in total. The van der Waals surface area contributed by atoms with Gasteiger partial charge >= 0.3 is 0 Å². The Bertz CT molecular complexity index is 629. The van der Waals surface area contributed by atoms with Gasteiger partial charge in [-0.15, -0.1) is 0 Å². The monoisotopic (exact) mass is 422 g/mol. The minimum absolute atomic E-state index is 0.565. The highest BCUT2D eigenvalue weighted by Gasteiger charge is 2.18. The standard InChI is InChI=1S/C21H35ClN6O/c22-19-5-1-2-6-20(19)28-13-11-26(12-14-28)9-3-7-24-21(23)25-8-4-10-27-15-17-29-18-16-27/h1-2,5-6H,3-4,7-18H2,(H3,23,24,25). The van der Waals surface area contributed by atoms with Crippen LogP contribution < -0.4 is 16.0 Å². The Morgan fingerprint density at radius 1 is 1.00 bits per heavy atom. The smallest absolute Gasteiger partial charge is 0.188 e. The van der Waals surface area contributed by atoms with Crippen molar-refractivity contribution in [1.29, 1.82) is 0 Å². The number of nitrogens with two attached hydrogens (primary N) is 1. The van der Waals surface area contributed by atoms with Gasteiger partial charge in [0.1, 0.15) is 0 Å². The molecule has 0 unspecified atom stereocenters. The second-order valence-electron chi connectivity index (χ2n) is 7.63. The first-order valence-electron chi connectivity index (χ1n) is 10.8. The number of benzene rings is 1. The van der Waals surface area contributed by atoms with E-state index in [1.54, 1.807) is 0 Å². The molecule has 0 aromatic heterocycles. The molecule has 0 atom stereocenters. The van der Waals surface area contributed by atoms with Crippen LogP contribution in [0.2, 0.25) is 5.02 Å². The van der Waals surface area contributed by atoms with Gasteiger partial charge in [0.2, 0.25) is 0 Å². The van der Waals surface area contributed by atoms with Crippen molar-refractivity contribution >= 4 is 23.2 Å². The largest absolute Gasteiger partial charge is 0.379 e. The number of hydrogen-bond acceptors (Lipinski definition) is 5. The third kappa shape index (κ3) is 7.66. The maximum absolute atomic E-state index is 6.32. The van der Waals surface area contributed by atoms with E-state index in [1.165, 1.54) is 0 Å². The molecule has 2 heterocycles. The molecule has 0 bridgehead atoms. The van der Waals surface area contributed by atoms with Crippen LogP contribution in [0.15, 0.2) is 29.3 Å². The number of morpholine rings is 1. The Labute approximate surface area is 179 Å². The number of piperazine rings is 1. The summed E-state index contributed by atoms with van der Waals surface area (Å²) in [7, 11) is 0. The number of nitrogens with one attached hydrogen (secondary N) is 1. The van der Waals surface area contributed by atoms with Crippen LogP contribution in [-0.4, -0.2) is 94.4 Å². The zero-order valence-electron chi connectivity index (χ0n) is 17.4. The molecular formula is C21H35ClN6O. The number of rotatable bonds is 9. The molecule has 0 aliphatic carbocycles. The summed E-state index contributed by atoms with van der Waals surface area (Å²) in [5.41, 5.74) is 7.13. The average molecular weight is 423 g/mol. The molecule has 0 amide bonds. The summed E-state index contributed by atoms with van der Waals surface area (Å²) in [6.07, 6.45) is 2.11. The number of guanidine groups is 1. The van der Waals surface area contributed by atoms with Gasteiger partial charge in [0.15, 0.2) is 5.96 Å². The Morgan fingerprint density at radius 3 is 2.45 bits per heavy atom. The Balaban J connectivity index is 1.23. The van der Waals surface area contributed by atoms with Gasteiger partial charge in [0.05, 0.1) is 23.9 Å². The summed E-state index contributed by atoms with van der Waals surface area (Å²) in [6.45, 7) is 11.7. The quantitative estimate of drug-likeness (QED) is 0.357. The molecule has 3 rings (SSSR count). The van der Waals surface area contributed by atoms with Crippen molar-refractivity contribution in [1.82, 2.24) is 15.1 Å². The molecule has 7 nitrogen and oxygen atoms in total. The maximum atomic E-state index is 6.32. The zero-order chi connectivity index (χ0) is 20.3. The van der Waals surface area contributed by atoms with Crippen LogP contribution in [0.3, 0.4) is 0 Å². The Hall–Kier alpha value is -1.54. The van der Waals surface area contributed by atoms with Gasteiger partial charge in [-0.2, -0.15) is 0 Å². The molecule has 1 aromatic carbocycles. The topological polar surface area (TPSA) is 69.4 Å². The number of ether oxygens (including phenoxy) is 1. The van der Waals surface area contributed by atoms with Crippen molar-refractivity contribution in [2.45, 2.75) is 12.8 Å². The summed E-state index contributed by atoms with van der Waals surface area (Å²) in [5.74, 6) is 0.565. The van der Waals surface area contributed by atoms with E-state index in [4.69, 9.17) is 22.1 Å². The molecule has 162 valence electrons. The van der Waals surface area contributed by atoms with E-state index in [9.17, 15) is 0 Å². The fraction of sp³-hybridized carbons (Fsp3) is 0.667. The van der Waals surface area contributed by atoms with Gasteiger partial charge in [-0.25, -0.2) is 0 Å². The second kappa shape index (κ2) is 12.2. The molecule has 2 fully saturated rings. The highest BCUT2D eigenvalue weighted by atomic mass is 35.5. The van der Waals surface area contributed by atoms with Crippen molar-refractivity contribution in [2.24, 2.45) is 10.7 Å². The molecule has 8 heteroatoms. The minimum atomic E-state index is 0.565. The van der Waals surface area contributed by atoms with Crippen LogP contribution >= 0.6 is 11.6 Å². The second-order valence-corrected chi connectivity index (χ2v) is 8.04. The number of halogens is 1. The van der Waals surface area contributed by atoms with Crippen molar-refractivity contribution < 1.29 is 4.74 Å². The van der Waals surface area contributed by atoms with Crippen LogP contribution in [0, 0.1) is 0 Å². The molecule has 2 saturated heterocycles. The SMILES string of the molecule is NC(=NCCCN1CCOCC1)NCCCN1CCN(c2ccccc2Cl)CC1. The lowest BCUT2D eigenvalue weighted by Crippen LogP contribution is -2.47. The lowest BCUT2D eigenvalue weighted by molar-refractivity contribution is 0.0377. The Morgan fingerprint density at radius 2 is 1.69 bits per heavy atom. The molecule has 2 aliphatic heterocycles. The summed E-state index contributed by atoms with van der Waals surface area (Å²) >= 11 is 6.32. The summed E-state index contributed by atoms with van der Waals surface area (Å²) in [4.78, 5) is 11.7. The van der Waals surface area contributed by atoms with Crippen LogP contribution in [-0.2, 0) is 4.74 Å². The van der Waals surface area contributed by atoms with Gasteiger partial charge in [-0.1, -0.05) is 23.7 Å². The number of anilines is 1. The van der Waals surface area contributed by atoms with Crippen LogP contribution in [0.25, 0.3) is 0 Å². The molecule has 1 aromatic rings. The predicted molar refractivity (Wildman–Crippen MR) is 121 cm³/mol. The van der Waals surface area contributed by atoms with E-state index < -0.39 is 0 Å². The maximum Gasteiger partial charge on any atom is 0.188 e. The fourth-order valence-corrected chi connectivity index (χ4v) is 4.07. The Kier molecular flexibility index (Phi) is 9.34. The molecule has 0 spiro atoms. The highest BCUT2D eigenvalue weighted by molar-refractivity contribution is 6.33. The van der Waals surface area contributed by atoms with E-state index in [1.807, 2.05) is 18.2 Å². The molecule has 0 saturated carbocycles. The lowest BCUT2D eigenvalue weighted by Gasteiger charge is -2.36. The number of nitrogens with zero attached hydrogens (tertiary/aromatic N) is 4. The van der Waals surface area contributed by atoms with E-state index in [-0.39, 0.29) is 0 Å². The van der Waals surface area contributed by atoms with Gasteiger partial charge < -0.3 is 20.7 Å².